The Kier molecular flexibility index (Phi) is 5.01. The zero-order chi connectivity index (χ0) is 17.1. The number of hydrogen-bond acceptors (Lipinski definition) is 6. The molecule has 0 radical (unpaired) electrons. The zero-order valence-corrected chi connectivity index (χ0v) is 14.4. The van der Waals surface area contributed by atoms with Crippen LogP contribution in [-0.4, -0.2) is 43.5 Å². The van der Waals surface area contributed by atoms with Crippen LogP contribution in [0.4, 0.5) is 0 Å². The molecule has 0 fully saturated rings. The number of fused-ring (bicyclic) bond motifs is 2. The van der Waals surface area contributed by atoms with Gasteiger partial charge in [0.25, 0.3) is 0 Å². The highest BCUT2D eigenvalue weighted by atomic mass is 32.1. The summed E-state index contributed by atoms with van der Waals surface area (Å²) in [6.45, 7) is 5.51. The minimum atomic E-state index is -0.438. The number of benzene rings is 1. The lowest BCUT2D eigenvalue weighted by atomic mass is 10.1. The molecule has 7 heteroatoms. The van der Waals surface area contributed by atoms with Crippen molar-refractivity contribution >= 4 is 29.1 Å². The van der Waals surface area contributed by atoms with E-state index in [1.807, 2.05) is 13.0 Å². The van der Waals surface area contributed by atoms with Gasteiger partial charge in [0, 0.05) is 24.3 Å². The Bertz CT molecular complexity index is 816. The smallest absolute Gasteiger partial charge is 0.341 e. The van der Waals surface area contributed by atoms with Crippen LogP contribution >= 0.6 is 12.2 Å². The molecule has 0 bridgehead atoms. The van der Waals surface area contributed by atoms with Gasteiger partial charge in [-0.2, -0.15) is 0 Å². The Hall–Kier alpha value is -2.12. The third kappa shape index (κ3) is 3.22. The maximum absolute atomic E-state index is 12.0. The van der Waals surface area contributed by atoms with Crippen molar-refractivity contribution in [2.24, 2.45) is 0 Å². The van der Waals surface area contributed by atoms with Crippen LogP contribution < -0.4 is 9.47 Å². The number of carbonyl (C=O) groups excluding carboxylic acids is 1. The van der Waals surface area contributed by atoms with E-state index >= 15 is 0 Å². The average Bonchev–Trinajstić information content (AvgIpc) is 2.59. The maximum Gasteiger partial charge on any atom is 0.341 e. The van der Waals surface area contributed by atoms with Gasteiger partial charge in [-0.1, -0.05) is 12.2 Å². The van der Waals surface area contributed by atoms with Crippen LogP contribution in [0.25, 0.3) is 10.9 Å². The van der Waals surface area contributed by atoms with Gasteiger partial charge in [-0.25, -0.2) is 4.79 Å². The Morgan fingerprint density at radius 3 is 2.92 bits per heavy atom. The summed E-state index contributed by atoms with van der Waals surface area (Å²) in [5, 5.41) is 0.723. The average molecular weight is 349 g/mol. The van der Waals surface area contributed by atoms with E-state index in [-0.39, 0.29) is 6.10 Å². The first kappa shape index (κ1) is 16.7. The highest BCUT2D eigenvalue weighted by Crippen LogP contribution is 2.36. The van der Waals surface area contributed by atoms with Crippen molar-refractivity contribution in [1.29, 1.82) is 0 Å². The van der Waals surface area contributed by atoms with E-state index in [0.29, 0.717) is 48.0 Å². The highest BCUT2D eigenvalue weighted by molar-refractivity contribution is 7.71. The summed E-state index contributed by atoms with van der Waals surface area (Å²) in [6, 6.07) is 3.62. The number of pyridine rings is 1. The summed E-state index contributed by atoms with van der Waals surface area (Å²) < 4.78 is 22.5. The van der Waals surface area contributed by atoms with Crippen molar-refractivity contribution in [3.05, 3.63) is 28.4 Å². The Morgan fingerprint density at radius 1 is 1.33 bits per heavy atom. The summed E-state index contributed by atoms with van der Waals surface area (Å²) in [5.74, 6) is 0.802. The van der Waals surface area contributed by atoms with Crippen LogP contribution in [0.2, 0.25) is 0 Å². The zero-order valence-electron chi connectivity index (χ0n) is 13.6. The fourth-order valence-electron chi connectivity index (χ4n) is 2.52. The van der Waals surface area contributed by atoms with E-state index in [0.717, 1.165) is 10.9 Å². The van der Waals surface area contributed by atoms with Crippen LogP contribution in [0.3, 0.4) is 0 Å². The predicted octanol–water partition coefficient (Wildman–Crippen LogP) is 3.25. The van der Waals surface area contributed by atoms with Crippen LogP contribution in [0, 0.1) is 4.51 Å². The van der Waals surface area contributed by atoms with Crippen molar-refractivity contribution in [3.8, 4) is 11.5 Å². The van der Waals surface area contributed by atoms with Crippen molar-refractivity contribution < 1.29 is 23.7 Å². The van der Waals surface area contributed by atoms with Gasteiger partial charge >= 0.3 is 5.97 Å². The maximum atomic E-state index is 12.0. The standard InChI is InChI=1S/C17H19NO5S/c1-3-20-8-10-9-22-14-5-11-13(6-15(14)23-10)18-7-12(16(11)24)17(19)21-4-2/h5-7,10H,3-4,8-9H2,1-2H3,(H,18,24). The Labute approximate surface area is 144 Å². The van der Waals surface area contributed by atoms with Crippen LogP contribution in [0.1, 0.15) is 24.2 Å². The quantitative estimate of drug-likeness (QED) is 0.660. The molecule has 1 unspecified atom stereocenters. The molecule has 1 aromatic carbocycles. The van der Waals surface area contributed by atoms with Crippen molar-refractivity contribution in [2.75, 3.05) is 26.4 Å². The van der Waals surface area contributed by atoms with E-state index in [4.69, 9.17) is 31.2 Å². The highest BCUT2D eigenvalue weighted by Gasteiger charge is 2.23. The van der Waals surface area contributed by atoms with Crippen LogP contribution in [0.15, 0.2) is 18.3 Å². The molecule has 24 heavy (non-hydrogen) atoms. The number of aromatic amines is 1. The number of H-pyrrole nitrogens is 1. The van der Waals surface area contributed by atoms with Gasteiger partial charge in [-0.15, -0.1) is 0 Å². The molecule has 1 aliphatic rings. The molecule has 2 aromatic rings. The molecule has 128 valence electrons. The van der Waals surface area contributed by atoms with E-state index in [9.17, 15) is 4.79 Å². The van der Waals surface area contributed by atoms with E-state index in [1.54, 1.807) is 19.2 Å². The van der Waals surface area contributed by atoms with Crippen LogP contribution in [0.5, 0.6) is 11.5 Å². The third-order valence-corrected chi connectivity index (χ3v) is 4.11. The second-order valence-electron chi connectivity index (χ2n) is 5.31. The summed E-state index contributed by atoms with van der Waals surface area (Å²) in [4.78, 5) is 15.0. The molecule has 0 spiro atoms. The van der Waals surface area contributed by atoms with Gasteiger partial charge in [0.05, 0.1) is 28.8 Å². The summed E-state index contributed by atoms with van der Waals surface area (Å²) in [6.07, 6.45) is 1.42. The van der Waals surface area contributed by atoms with Crippen molar-refractivity contribution in [1.82, 2.24) is 4.98 Å². The van der Waals surface area contributed by atoms with E-state index < -0.39 is 5.97 Å². The predicted molar refractivity (Wildman–Crippen MR) is 91.5 cm³/mol. The van der Waals surface area contributed by atoms with Gasteiger partial charge < -0.3 is 23.9 Å². The van der Waals surface area contributed by atoms with E-state index in [2.05, 4.69) is 4.98 Å². The summed E-state index contributed by atoms with van der Waals surface area (Å²) in [7, 11) is 0. The van der Waals surface area contributed by atoms with Crippen molar-refractivity contribution in [2.45, 2.75) is 20.0 Å². The SMILES string of the molecule is CCOCC1COc2cc3c(=S)c(C(=O)OCC)c[nH]c3cc2O1. The molecule has 1 aliphatic heterocycles. The second kappa shape index (κ2) is 7.19. The van der Waals surface area contributed by atoms with Gasteiger partial charge in [0.15, 0.2) is 17.6 Å². The minimum Gasteiger partial charge on any atom is -0.486 e. The molecule has 0 saturated carbocycles. The number of hydrogen-bond donors (Lipinski definition) is 1. The molecule has 1 atom stereocenters. The minimum absolute atomic E-state index is 0.142. The number of ether oxygens (including phenoxy) is 4. The molecule has 6 nitrogen and oxygen atoms in total. The van der Waals surface area contributed by atoms with Gasteiger partial charge in [-0.05, 0) is 19.9 Å². The number of rotatable bonds is 5. The Morgan fingerprint density at radius 2 is 2.17 bits per heavy atom. The monoisotopic (exact) mass is 349 g/mol. The molecule has 0 amide bonds. The lowest BCUT2D eigenvalue weighted by Crippen LogP contribution is -2.33. The van der Waals surface area contributed by atoms with Crippen LogP contribution in [-0.2, 0) is 9.47 Å². The molecule has 1 N–H and O–H groups in total. The third-order valence-electron chi connectivity index (χ3n) is 3.67. The molecular weight excluding hydrogens is 330 g/mol. The fraction of sp³-hybridized carbons (Fsp3) is 0.412. The van der Waals surface area contributed by atoms with Gasteiger partial charge in [-0.3, -0.25) is 0 Å². The molecule has 0 aliphatic carbocycles. The van der Waals surface area contributed by atoms with Gasteiger partial charge in [0.1, 0.15) is 6.61 Å². The number of aromatic nitrogens is 1. The molecule has 2 heterocycles. The fourth-order valence-corrected chi connectivity index (χ4v) is 2.83. The first-order valence-electron chi connectivity index (χ1n) is 7.87. The lowest BCUT2D eigenvalue weighted by molar-refractivity contribution is 0.0129. The number of esters is 1. The lowest BCUT2D eigenvalue weighted by Gasteiger charge is -2.26. The molecular formula is C17H19NO5S. The normalized spacial score (nSPS) is 16.2. The Balaban J connectivity index is 1.96. The molecule has 0 saturated heterocycles. The summed E-state index contributed by atoms with van der Waals surface area (Å²) >= 11 is 5.43. The first-order valence-corrected chi connectivity index (χ1v) is 8.28. The first-order chi connectivity index (χ1) is 11.6. The van der Waals surface area contributed by atoms with Gasteiger partial charge in [0.2, 0.25) is 0 Å². The number of carbonyl (C=O) groups is 1. The summed E-state index contributed by atoms with van der Waals surface area (Å²) in [5.41, 5.74) is 1.11. The molecule has 1 aromatic heterocycles. The molecule has 3 rings (SSSR count). The topological polar surface area (TPSA) is 69.8 Å². The second-order valence-corrected chi connectivity index (χ2v) is 5.72. The number of nitrogens with one attached hydrogen (secondary N) is 1. The van der Waals surface area contributed by atoms with E-state index in [1.165, 1.54) is 0 Å². The van der Waals surface area contributed by atoms with Crippen molar-refractivity contribution in [3.63, 3.8) is 0 Å². The largest absolute Gasteiger partial charge is 0.486 e.